The number of hydrogen-bond acceptors (Lipinski definition) is 5. The van der Waals surface area contributed by atoms with Gasteiger partial charge in [0.05, 0.1) is 32.4 Å². The fourth-order valence-corrected chi connectivity index (χ4v) is 2.17. The van der Waals surface area contributed by atoms with Gasteiger partial charge in [-0.25, -0.2) is 8.42 Å². The van der Waals surface area contributed by atoms with Crippen molar-refractivity contribution in [2.24, 2.45) is 9.54 Å². The summed E-state index contributed by atoms with van der Waals surface area (Å²) in [6.45, 7) is 11.2. The van der Waals surface area contributed by atoms with E-state index in [1.807, 2.05) is 53.7 Å². The summed E-state index contributed by atoms with van der Waals surface area (Å²) < 4.78 is 27.1. The van der Waals surface area contributed by atoms with Crippen molar-refractivity contribution in [1.82, 2.24) is 9.97 Å². The van der Waals surface area contributed by atoms with Crippen molar-refractivity contribution >= 4 is 66.3 Å². The van der Waals surface area contributed by atoms with E-state index in [2.05, 4.69) is 46.2 Å². The van der Waals surface area contributed by atoms with Crippen LogP contribution in [0.1, 0.15) is 57.7 Å². The number of carbonyl (C=O) groups excluding carboxylic acids is 1. The minimum absolute atomic E-state index is 0.250. The highest BCUT2D eigenvalue weighted by Crippen LogP contribution is 2.12. The third kappa shape index (κ3) is 14.5. The van der Waals surface area contributed by atoms with Gasteiger partial charge in [0.15, 0.2) is 6.29 Å². The number of aldehydes is 1. The lowest BCUT2D eigenvalue weighted by Crippen LogP contribution is -2.27. The van der Waals surface area contributed by atoms with Crippen LogP contribution in [0.4, 0.5) is 0 Å². The van der Waals surface area contributed by atoms with Gasteiger partial charge in [-0.1, -0.05) is 0 Å². The number of carbonyl (C=O) groups is 1. The van der Waals surface area contributed by atoms with Gasteiger partial charge in [0.2, 0.25) is 0 Å². The van der Waals surface area contributed by atoms with Gasteiger partial charge in [-0.2, -0.15) is 4.40 Å². The van der Waals surface area contributed by atoms with Crippen LogP contribution in [0.15, 0.2) is 50.0 Å². The highest BCUT2D eigenvalue weighted by atomic mass is 79.9. The van der Waals surface area contributed by atoms with Crippen molar-refractivity contribution in [2.75, 3.05) is 0 Å². The number of aromatic nitrogens is 2. The van der Waals surface area contributed by atoms with Crippen LogP contribution in [0.2, 0.25) is 0 Å². The first kappa shape index (κ1) is 29.9. The van der Waals surface area contributed by atoms with Crippen molar-refractivity contribution in [1.29, 1.82) is 0 Å². The Morgan fingerprint density at radius 1 is 0.871 bits per heavy atom. The zero-order valence-electron chi connectivity index (χ0n) is 18.3. The second kappa shape index (κ2) is 14.1. The third-order valence-corrected chi connectivity index (χ3v) is 6.52. The lowest BCUT2D eigenvalue weighted by molar-refractivity contribution is 0.111. The average molecular weight is 596 g/mol. The van der Waals surface area contributed by atoms with E-state index in [9.17, 15) is 13.2 Å². The first-order chi connectivity index (χ1) is 14.2. The van der Waals surface area contributed by atoms with Crippen LogP contribution >= 0.6 is 31.9 Å². The summed E-state index contributed by atoms with van der Waals surface area (Å²) in [5.41, 5.74) is 1.16. The van der Waals surface area contributed by atoms with Crippen LogP contribution < -0.4 is 5.14 Å². The number of rotatable bonds is 3. The Labute approximate surface area is 206 Å². The largest absolute Gasteiger partial charge is 0.296 e. The quantitative estimate of drug-likeness (QED) is 0.404. The smallest absolute Gasteiger partial charge is 0.168 e. The summed E-state index contributed by atoms with van der Waals surface area (Å²) >= 11 is 6.49. The number of halogens is 2. The summed E-state index contributed by atoms with van der Waals surface area (Å²) in [5, 5.41) is 5.04. The number of nitrogens with two attached hydrogens (primary N) is 1. The zero-order chi connectivity index (χ0) is 24.2. The molecule has 172 valence electrons. The molecule has 0 spiro atoms. The van der Waals surface area contributed by atoms with Gasteiger partial charge in [-0.15, -0.1) is 0 Å². The first-order valence-corrected chi connectivity index (χ1v) is 12.9. The van der Waals surface area contributed by atoms with Gasteiger partial charge in [-0.3, -0.25) is 19.9 Å². The molecule has 0 bridgehead atoms. The fraction of sp³-hybridized carbons (Fsp3) is 0.400. The van der Waals surface area contributed by atoms with E-state index in [1.165, 1.54) is 6.21 Å². The molecule has 11 heteroatoms. The molecule has 0 fully saturated rings. The zero-order valence-corrected chi connectivity index (χ0v) is 23.1. The van der Waals surface area contributed by atoms with Crippen LogP contribution in [0.5, 0.6) is 0 Å². The second-order valence-electron chi connectivity index (χ2n) is 7.93. The maximum atomic E-state index is 11.6. The Morgan fingerprint density at radius 2 is 1.29 bits per heavy atom. The number of nitrogens with zero attached hydrogens (tertiary/aromatic N) is 3. The van der Waals surface area contributed by atoms with Crippen LogP contribution in [0, 0.1) is 0 Å². The van der Waals surface area contributed by atoms with E-state index in [4.69, 9.17) is 5.14 Å². The molecule has 0 aliphatic carbocycles. The van der Waals surface area contributed by atoms with E-state index >= 15 is 0 Å². The Kier molecular flexibility index (Phi) is 13.6. The van der Waals surface area contributed by atoms with Gasteiger partial charge in [0, 0.05) is 21.3 Å². The lowest BCUT2D eigenvalue weighted by atomic mass is 10.3. The summed E-state index contributed by atoms with van der Waals surface area (Å²) in [7, 11) is -2.41. The highest BCUT2D eigenvalue weighted by Gasteiger charge is 2.18. The van der Waals surface area contributed by atoms with Crippen LogP contribution in [0.25, 0.3) is 0 Å². The SMILES string of the molecule is CC(C)(C)[S@@](N)=O.CC(C)(C)[S@](=O)N=Cc1ccc(Br)cn1.O=Cc1ccc(Br)cn1. The Balaban J connectivity index is 0.000000479. The molecule has 0 radical (unpaired) electrons. The maximum Gasteiger partial charge on any atom is 0.168 e. The monoisotopic (exact) mass is 594 g/mol. The van der Waals surface area contributed by atoms with Gasteiger partial charge in [-0.05, 0) is 97.7 Å². The van der Waals surface area contributed by atoms with Crippen molar-refractivity contribution in [3.63, 3.8) is 0 Å². The number of pyridine rings is 2. The molecule has 2 rings (SSSR count). The van der Waals surface area contributed by atoms with Crippen molar-refractivity contribution in [3.05, 3.63) is 57.0 Å². The number of hydrogen-bond donors (Lipinski definition) is 1. The lowest BCUT2D eigenvalue weighted by Gasteiger charge is -2.12. The normalized spacial score (nSPS) is 13.3. The molecule has 0 saturated heterocycles. The Morgan fingerprint density at radius 3 is 1.58 bits per heavy atom. The minimum Gasteiger partial charge on any atom is -0.296 e. The van der Waals surface area contributed by atoms with Gasteiger partial charge < -0.3 is 0 Å². The molecule has 0 unspecified atom stereocenters. The fourth-order valence-electron chi connectivity index (χ4n) is 1.18. The van der Waals surface area contributed by atoms with Crippen molar-refractivity contribution < 1.29 is 13.2 Å². The molecular formula is C20H28Br2N4O3S2. The second-order valence-corrected chi connectivity index (χ2v) is 13.5. The summed E-state index contributed by atoms with van der Waals surface area (Å²) in [6, 6.07) is 7.11. The summed E-state index contributed by atoms with van der Waals surface area (Å²) in [4.78, 5) is 17.9. The Bertz CT molecular complexity index is 893. The molecule has 2 aromatic rings. The summed E-state index contributed by atoms with van der Waals surface area (Å²) in [5.74, 6) is 0. The molecule has 2 heterocycles. The standard InChI is InChI=1S/C10H13BrN2OS.C6H4BrNO.C4H11NOS/c1-10(2,3)15(14)13-7-9-5-4-8(11)6-12-9;7-5-1-2-6(4-9)8-3-5;1-4(2,3)7(5)6/h4-7H,1-3H3;1-4H;5H2,1-3H3/t15-;;7-/m0.0/s1. The molecule has 7 nitrogen and oxygen atoms in total. The molecule has 0 aliphatic heterocycles. The molecule has 2 N–H and O–H groups in total. The summed E-state index contributed by atoms with van der Waals surface area (Å²) in [6.07, 6.45) is 5.52. The maximum absolute atomic E-state index is 11.6. The molecule has 31 heavy (non-hydrogen) atoms. The van der Waals surface area contributed by atoms with Gasteiger partial charge >= 0.3 is 0 Å². The molecule has 0 aromatic carbocycles. The predicted octanol–water partition coefficient (Wildman–Crippen LogP) is 4.79. The average Bonchev–Trinajstić information content (AvgIpc) is 2.67. The van der Waals surface area contributed by atoms with Crippen LogP contribution in [0.3, 0.4) is 0 Å². The Hall–Kier alpha value is -1.14. The molecule has 0 saturated carbocycles. The van der Waals surface area contributed by atoms with E-state index < -0.39 is 22.0 Å². The van der Waals surface area contributed by atoms with Gasteiger partial charge in [0.25, 0.3) is 0 Å². The van der Waals surface area contributed by atoms with Crippen LogP contribution in [-0.2, 0) is 22.0 Å². The van der Waals surface area contributed by atoms with E-state index in [0.29, 0.717) is 17.7 Å². The minimum atomic E-state index is -1.23. The highest BCUT2D eigenvalue weighted by molar-refractivity contribution is 9.10. The molecule has 0 aliphatic rings. The van der Waals surface area contributed by atoms with Gasteiger partial charge in [0.1, 0.15) is 16.7 Å². The topological polar surface area (TPSA) is 115 Å². The molecular weight excluding hydrogens is 568 g/mol. The molecule has 2 aromatic heterocycles. The van der Waals surface area contributed by atoms with Crippen molar-refractivity contribution in [3.8, 4) is 0 Å². The predicted molar refractivity (Wildman–Crippen MR) is 137 cm³/mol. The van der Waals surface area contributed by atoms with E-state index in [1.54, 1.807) is 24.5 Å². The van der Waals surface area contributed by atoms with E-state index in [0.717, 1.165) is 8.95 Å². The third-order valence-electron chi connectivity index (χ3n) is 3.03. The van der Waals surface area contributed by atoms with Crippen LogP contribution in [-0.4, -0.2) is 40.4 Å². The molecule has 2 atom stereocenters. The van der Waals surface area contributed by atoms with Crippen molar-refractivity contribution in [2.45, 2.75) is 51.0 Å². The van der Waals surface area contributed by atoms with E-state index in [-0.39, 0.29) is 9.49 Å². The first-order valence-electron chi connectivity index (χ1n) is 8.97. The molecule has 0 amide bonds.